The Morgan fingerprint density at radius 3 is 2.72 bits per heavy atom. The lowest BCUT2D eigenvalue weighted by atomic mass is 9.97. The quantitative estimate of drug-likeness (QED) is 0.789. The summed E-state index contributed by atoms with van der Waals surface area (Å²) < 4.78 is 1.74. The van der Waals surface area contributed by atoms with E-state index in [-0.39, 0.29) is 11.8 Å². The number of carbonyl (C=O) groups is 2. The van der Waals surface area contributed by atoms with Gasteiger partial charge in [0.2, 0.25) is 5.82 Å². The molecule has 4 rings (SSSR count). The number of piperazine rings is 1. The Labute approximate surface area is 171 Å². The Morgan fingerprint density at radius 1 is 1.14 bits per heavy atom. The van der Waals surface area contributed by atoms with Crippen molar-refractivity contribution in [2.24, 2.45) is 0 Å². The van der Waals surface area contributed by atoms with Crippen LogP contribution in [0.4, 0.5) is 0 Å². The maximum atomic E-state index is 13.1. The van der Waals surface area contributed by atoms with Crippen LogP contribution in [-0.4, -0.2) is 70.8 Å². The van der Waals surface area contributed by atoms with Gasteiger partial charge in [-0.25, -0.2) is 4.98 Å². The Bertz CT molecular complexity index is 924. The largest absolute Gasteiger partial charge is 0.350 e. The Balaban J connectivity index is 1.50. The lowest BCUT2D eigenvalue weighted by molar-refractivity contribution is 0.0651. The molecule has 2 aliphatic rings. The Kier molecular flexibility index (Phi) is 5.94. The highest BCUT2D eigenvalue weighted by molar-refractivity contribution is 6.02. The van der Waals surface area contributed by atoms with E-state index in [1.165, 1.54) is 18.4 Å². The predicted octanol–water partition coefficient (Wildman–Crippen LogP) is 2.34. The minimum Gasteiger partial charge on any atom is -0.350 e. The SMILES string of the molecule is CN1CCN(C(=O)c2nc(C(=O)NCCC3=CCCCC3)c3ccccn23)CC1. The van der Waals surface area contributed by atoms with E-state index in [1.807, 2.05) is 23.1 Å². The van der Waals surface area contributed by atoms with E-state index in [9.17, 15) is 9.59 Å². The number of nitrogens with one attached hydrogen (secondary N) is 1. The van der Waals surface area contributed by atoms with E-state index in [1.54, 1.807) is 10.6 Å². The number of hydrogen-bond acceptors (Lipinski definition) is 4. The van der Waals surface area contributed by atoms with Crippen LogP contribution in [0.3, 0.4) is 0 Å². The van der Waals surface area contributed by atoms with Crippen molar-refractivity contribution in [1.29, 1.82) is 0 Å². The van der Waals surface area contributed by atoms with E-state index in [0.717, 1.165) is 32.4 Å². The topological polar surface area (TPSA) is 69.9 Å². The van der Waals surface area contributed by atoms with Crippen LogP contribution in [0.1, 0.15) is 53.2 Å². The fourth-order valence-corrected chi connectivity index (χ4v) is 4.06. The maximum absolute atomic E-state index is 13.1. The molecule has 154 valence electrons. The number of imidazole rings is 1. The minimum absolute atomic E-state index is 0.120. The first-order valence-electron chi connectivity index (χ1n) is 10.5. The Morgan fingerprint density at radius 2 is 1.97 bits per heavy atom. The number of rotatable bonds is 5. The zero-order valence-electron chi connectivity index (χ0n) is 17.1. The first-order valence-corrected chi connectivity index (χ1v) is 10.5. The van der Waals surface area contributed by atoms with Crippen LogP contribution >= 0.6 is 0 Å². The van der Waals surface area contributed by atoms with Crippen LogP contribution < -0.4 is 5.32 Å². The molecule has 0 spiro atoms. The normalized spacial score (nSPS) is 18.0. The lowest BCUT2D eigenvalue weighted by Crippen LogP contribution is -2.47. The number of pyridine rings is 1. The second-order valence-corrected chi connectivity index (χ2v) is 7.95. The van der Waals surface area contributed by atoms with Crippen molar-refractivity contribution in [3.8, 4) is 0 Å². The van der Waals surface area contributed by atoms with Gasteiger partial charge in [0.05, 0.1) is 5.52 Å². The monoisotopic (exact) mass is 395 g/mol. The summed E-state index contributed by atoms with van der Waals surface area (Å²) in [4.78, 5) is 34.4. The van der Waals surface area contributed by atoms with Gasteiger partial charge in [-0.2, -0.15) is 0 Å². The molecule has 7 heteroatoms. The summed E-state index contributed by atoms with van der Waals surface area (Å²) >= 11 is 0. The number of aromatic nitrogens is 2. The molecule has 0 bridgehead atoms. The third kappa shape index (κ3) is 4.34. The smallest absolute Gasteiger partial charge is 0.290 e. The second kappa shape index (κ2) is 8.78. The summed E-state index contributed by atoms with van der Waals surface area (Å²) in [6, 6.07) is 5.56. The van der Waals surface area contributed by atoms with Gasteiger partial charge in [-0.15, -0.1) is 0 Å². The van der Waals surface area contributed by atoms with E-state index < -0.39 is 0 Å². The highest BCUT2D eigenvalue weighted by Gasteiger charge is 2.26. The van der Waals surface area contributed by atoms with Crippen molar-refractivity contribution >= 4 is 17.3 Å². The molecular formula is C22H29N5O2. The molecule has 1 fully saturated rings. The van der Waals surface area contributed by atoms with Crippen molar-refractivity contribution in [2.45, 2.75) is 32.1 Å². The van der Waals surface area contributed by atoms with Gasteiger partial charge in [-0.1, -0.05) is 17.7 Å². The van der Waals surface area contributed by atoms with Gasteiger partial charge in [-0.3, -0.25) is 14.0 Å². The Hall–Kier alpha value is -2.67. The molecule has 0 saturated carbocycles. The van der Waals surface area contributed by atoms with Crippen molar-refractivity contribution in [2.75, 3.05) is 39.8 Å². The molecular weight excluding hydrogens is 366 g/mol. The minimum atomic E-state index is -0.220. The van der Waals surface area contributed by atoms with Crippen LogP contribution in [0.2, 0.25) is 0 Å². The highest BCUT2D eigenvalue weighted by atomic mass is 16.2. The summed E-state index contributed by atoms with van der Waals surface area (Å²) in [5.74, 6) is -0.0291. The zero-order chi connectivity index (χ0) is 20.2. The molecule has 0 atom stereocenters. The standard InChI is InChI=1S/C22H29N5O2/c1-25-13-15-26(16-14-25)22(29)20-24-19(18-9-5-6-12-27(18)20)21(28)23-11-10-17-7-3-2-4-8-17/h5-7,9,12H,2-4,8,10-11,13-16H2,1H3,(H,23,28). The van der Waals surface area contributed by atoms with Gasteiger partial charge in [-0.05, 0) is 51.3 Å². The highest BCUT2D eigenvalue weighted by Crippen LogP contribution is 2.20. The van der Waals surface area contributed by atoms with Gasteiger partial charge in [0.15, 0.2) is 5.69 Å². The molecule has 1 aliphatic heterocycles. The van der Waals surface area contributed by atoms with Gasteiger partial charge in [0, 0.05) is 38.9 Å². The van der Waals surface area contributed by atoms with Gasteiger partial charge < -0.3 is 15.1 Å². The van der Waals surface area contributed by atoms with Gasteiger partial charge in [0.1, 0.15) is 0 Å². The first kappa shape index (κ1) is 19.6. The number of hydrogen-bond donors (Lipinski definition) is 1. The van der Waals surface area contributed by atoms with Crippen molar-refractivity contribution in [1.82, 2.24) is 24.5 Å². The van der Waals surface area contributed by atoms with E-state index in [2.05, 4.69) is 28.3 Å². The summed E-state index contributed by atoms with van der Waals surface area (Å²) in [5.41, 5.74) is 2.41. The zero-order valence-corrected chi connectivity index (χ0v) is 17.1. The van der Waals surface area contributed by atoms with Crippen LogP contribution in [0, 0.1) is 0 Å². The molecule has 0 unspecified atom stereocenters. The number of carbonyl (C=O) groups excluding carboxylic acids is 2. The van der Waals surface area contributed by atoms with Gasteiger partial charge >= 0.3 is 0 Å². The fourth-order valence-electron chi connectivity index (χ4n) is 4.06. The molecule has 7 nitrogen and oxygen atoms in total. The number of likely N-dealkylation sites (N-methyl/N-ethyl adjacent to an activating group) is 1. The third-order valence-electron chi connectivity index (χ3n) is 5.86. The molecule has 0 aromatic carbocycles. The van der Waals surface area contributed by atoms with Crippen LogP contribution in [-0.2, 0) is 0 Å². The first-order chi connectivity index (χ1) is 14.1. The molecule has 2 aromatic rings. The number of amides is 2. The lowest BCUT2D eigenvalue weighted by Gasteiger charge is -2.31. The molecule has 2 amide bonds. The molecule has 0 radical (unpaired) electrons. The van der Waals surface area contributed by atoms with Crippen molar-refractivity contribution < 1.29 is 9.59 Å². The van der Waals surface area contributed by atoms with E-state index in [4.69, 9.17) is 0 Å². The average molecular weight is 396 g/mol. The maximum Gasteiger partial charge on any atom is 0.290 e. The number of allylic oxidation sites excluding steroid dienone is 1. The van der Waals surface area contributed by atoms with E-state index in [0.29, 0.717) is 36.7 Å². The average Bonchev–Trinajstić information content (AvgIpc) is 3.14. The third-order valence-corrected chi connectivity index (χ3v) is 5.86. The summed E-state index contributed by atoms with van der Waals surface area (Å²) in [5, 5.41) is 2.99. The van der Waals surface area contributed by atoms with Crippen LogP contribution in [0.5, 0.6) is 0 Å². The summed E-state index contributed by atoms with van der Waals surface area (Å²) in [7, 11) is 2.05. The van der Waals surface area contributed by atoms with Crippen LogP contribution in [0.15, 0.2) is 36.0 Å². The fraction of sp³-hybridized carbons (Fsp3) is 0.500. The molecule has 1 aliphatic carbocycles. The van der Waals surface area contributed by atoms with Crippen molar-refractivity contribution in [3.05, 3.63) is 47.6 Å². The molecule has 1 N–H and O–H groups in total. The molecule has 29 heavy (non-hydrogen) atoms. The summed E-state index contributed by atoms with van der Waals surface area (Å²) in [6.45, 7) is 3.64. The molecule has 3 heterocycles. The van der Waals surface area contributed by atoms with Gasteiger partial charge in [0.25, 0.3) is 11.8 Å². The number of nitrogens with zero attached hydrogens (tertiary/aromatic N) is 4. The second-order valence-electron chi connectivity index (χ2n) is 7.95. The number of fused-ring (bicyclic) bond motifs is 1. The van der Waals surface area contributed by atoms with Crippen LogP contribution in [0.25, 0.3) is 5.52 Å². The molecule has 2 aromatic heterocycles. The van der Waals surface area contributed by atoms with Crippen molar-refractivity contribution in [3.63, 3.8) is 0 Å². The summed E-state index contributed by atoms with van der Waals surface area (Å²) in [6.07, 6.45) is 9.76. The van der Waals surface area contributed by atoms with E-state index >= 15 is 0 Å². The predicted molar refractivity (Wildman–Crippen MR) is 112 cm³/mol. The molecule has 1 saturated heterocycles.